The smallest absolute Gasteiger partial charge is 0.345 e. The Kier molecular flexibility index (Phi) is 5.12. The second kappa shape index (κ2) is 6.36. The first-order chi connectivity index (χ1) is 9.75. The molecule has 1 aromatic rings. The van der Waals surface area contributed by atoms with Crippen LogP contribution in [-0.2, 0) is 10.0 Å². The van der Waals surface area contributed by atoms with Gasteiger partial charge in [0, 0.05) is 13.1 Å². The van der Waals surface area contributed by atoms with Crippen molar-refractivity contribution in [2.75, 3.05) is 7.05 Å². The molecule has 1 aromatic heterocycles. The zero-order valence-corrected chi connectivity index (χ0v) is 15.1. The molecule has 1 aliphatic carbocycles. The molecule has 8 heteroatoms. The van der Waals surface area contributed by atoms with Crippen LogP contribution in [0, 0.1) is 5.92 Å². The summed E-state index contributed by atoms with van der Waals surface area (Å²) in [6.45, 7) is 2.07. The molecule has 0 bridgehead atoms. The van der Waals surface area contributed by atoms with Crippen molar-refractivity contribution in [2.45, 2.75) is 43.5 Å². The maximum absolute atomic E-state index is 12.7. The number of rotatable bonds is 4. The third-order valence-electron chi connectivity index (χ3n) is 4.06. The quantitative estimate of drug-likeness (QED) is 0.847. The van der Waals surface area contributed by atoms with Crippen molar-refractivity contribution in [1.29, 1.82) is 0 Å². The molecular formula is C13H18BrNO4S2. The van der Waals surface area contributed by atoms with E-state index in [1.54, 1.807) is 7.05 Å². The number of carboxylic acids is 1. The number of aromatic carboxylic acids is 1. The highest BCUT2D eigenvalue weighted by Gasteiger charge is 2.35. The van der Waals surface area contributed by atoms with Crippen molar-refractivity contribution in [2.24, 2.45) is 5.92 Å². The topological polar surface area (TPSA) is 74.7 Å². The Hall–Kier alpha value is -0.440. The molecule has 0 aromatic carbocycles. The van der Waals surface area contributed by atoms with Crippen molar-refractivity contribution < 1.29 is 18.3 Å². The van der Waals surface area contributed by atoms with Crippen LogP contribution in [0.3, 0.4) is 0 Å². The molecule has 2 atom stereocenters. The lowest BCUT2D eigenvalue weighted by Crippen LogP contribution is -2.42. The van der Waals surface area contributed by atoms with E-state index in [9.17, 15) is 13.2 Å². The summed E-state index contributed by atoms with van der Waals surface area (Å²) in [6, 6.07) is 1.21. The summed E-state index contributed by atoms with van der Waals surface area (Å²) < 4.78 is 27.2. The SMILES string of the molecule is CC1CCCCC1N(C)S(=O)(=O)c1cc(C(=O)O)sc1Br. The van der Waals surface area contributed by atoms with E-state index in [4.69, 9.17) is 5.11 Å². The standard InChI is InChI=1S/C13H18BrNO4S2/c1-8-5-3-4-6-9(8)15(2)21(18,19)11-7-10(13(16)17)20-12(11)14/h7-9H,3-6H2,1-2H3,(H,16,17). The predicted molar refractivity (Wildman–Crippen MR) is 85.3 cm³/mol. The maximum atomic E-state index is 12.7. The Labute approximate surface area is 137 Å². The fourth-order valence-corrected chi connectivity index (χ4v) is 6.64. The average molecular weight is 396 g/mol. The molecule has 0 aliphatic heterocycles. The molecule has 0 radical (unpaired) electrons. The van der Waals surface area contributed by atoms with Gasteiger partial charge >= 0.3 is 5.97 Å². The monoisotopic (exact) mass is 395 g/mol. The van der Waals surface area contributed by atoms with E-state index in [0.717, 1.165) is 37.0 Å². The van der Waals surface area contributed by atoms with E-state index in [0.29, 0.717) is 9.70 Å². The summed E-state index contributed by atoms with van der Waals surface area (Å²) in [5.41, 5.74) is 0. The average Bonchev–Trinajstić information content (AvgIpc) is 2.81. The van der Waals surface area contributed by atoms with Gasteiger partial charge < -0.3 is 5.11 Å². The van der Waals surface area contributed by atoms with Gasteiger partial charge in [-0.05, 0) is 40.8 Å². The van der Waals surface area contributed by atoms with Gasteiger partial charge in [-0.1, -0.05) is 19.8 Å². The van der Waals surface area contributed by atoms with Crippen LogP contribution in [0.15, 0.2) is 14.7 Å². The molecule has 0 spiro atoms. The second-order valence-corrected chi connectivity index (χ2v) is 9.74. The lowest BCUT2D eigenvalue weighted by atomic mass is 9.86. The van der Waals surface area contributed by atoms with Crippen LogP contribution >= 0.6 is 27.3 Å². The number of sulfonamides is 1. The molecule has 2 unspecified atom stereocenters. The van der Waals surface area contributed by atoms with Crippen molar-refractivity contribution in [3.05, 3.63) is 14.7 Å². The van der Waals surface area contributed by atoms with Crippen LogP contribution in [-0.4, -0.2) is 36.9 Å². The molecule has 1 heterocycles. The summed E-state index contributed by atoms with van der Waals surface area (Å²) in [6.07, 6.45) is 4.04. The van der Waals surface area contributed by atoms with E-state index >= 15 is 0 Å². The fourth-order valence-electron chi connectivity index (χ4n) is 2.80. The summed E-state index contributed by atoms with van der Waals surface area (Å²) in [4.78, 5) is 11.1. The van der Waals surface area contributed by atoms with Crippen LogP contribution in [0.1, 0.15) is 42.3 Å². The zero-order valence-electron chi connectivity index (χ0n) is 11.9. The maximum Gasteiger partial charge on any atom is 0.345 e. The first-order valence-corrected chi connectivity index (χ1v) is 9.80. The van der Waals surface area contributed by atoms with Gasteiger partial charge in [0.15, 0.2) is 0 Å². The van der Waals surface area contributed by atoms with Gasteiger partial charge in [0.25, 0.3) is 0 Å². The third kappa shape index (κ3) is 3.33. The summed E-state index contributed by atoms with van der Waals surface area (Å²) in [7, 11) is -2.09. The second-order valence-electron chi connectivity index (χ2n) is 5.40. The largest absolute Gasteiger partial charge is 0.477 e. The van der Waals surface area contributed by atoms with E-state index < -0.39 is 16.0 Å². The third-order valence-corrected chi connectivity index (χ3v) is 8.18. The Balaban J connectivity index is 2.34. The number of hydrogen-bond acceptors (Lipinski definition) is 4. The van der Waals surface area contributed by atoms with Gasteiger partial charge in [0.1, 0.15) is 9.77 Å². The number of nitrogens with zero attached hydrogens (tertiary/aromatic N) is 1. The van der Waals surface area contributed by atoms with Crippen LogP contribution in [0.2, 0.25) is 0 Å². The first kappa shape index (κ1) is 16.9. The molecule has 0 saturated heterocycles. The Morgan fingerprint density at radius 2 is 2.05 bits per heavy atom. The van der Waals surface area contributed by atoms with Gasteiger partial charge in [-0.25, -0.2) is 13.2 Å². The van der Waals surface area contributed by atoms with E-state index in [-0.39, 0.29) is 15.8 Å². The van der Waals surface area contributed by atoms with E-state index in [2.05, 4.69) is 22.9 Å². The molecule has 2 rings (SSSR count). The van der Waals surface area contributed by atoms with E-state index in [1.807, 2.05) is 0 Å². The number of thiophene rings is 1. The first-order valence-electron chi connectivity index (χ1n) is 6.75. The Morgan fingerprint density at radius 1 is 1.43 bits per heavy atom. The Morgan fingerprint density at radius 3 is 2.57 bits per heavy atom. The fraction of sp³-hybridized carbons (Fsp3) is 0.615. The van der Waals surface area contributed by atoms with Gasteiger partial charge in [-0.2, -0.15) is 4.31 Å². The Bertz CT molecular complexity index is 641. The summed E-state index contributed by atoms with van der Waals surface area (Å²) in [5.74, 6) is -0.800. The highest BCUT2D eigenvalue weighted by Crippen LogP contribution is 2.36. The van der Waals surface area contributed by atoms with Crippen molar-refractivity contribution in [1.82, 2.24) is 4.31 Å². The lowest BCUT2D eigenvalue weighted by Gasteiger charge is -2.35. The summed E-state index contributed by atoms with van der Waals surface area (Å²) >= 11 is 4.10. The van der Waals surface area contributed by atoms with Crippen LogP contribution in [0.5, 0.6) is 0 Å². The minimum absolute atomic E-state index is 0.0190. The van der Waals surface area contributed by atoms with Gasteiger partial charge in [-0.3, -0.25) is 0 Å². The molecule has 1 N–H and O–H groups in total. The molecule has 0 amide bonds. The highest BCUT2D eigenvalue weighted by atomic mass is 79.9. The number of hydrogen-bond donors (Lipinski definition) is 1. The number of halogens is 1. The molecule has 1 fully saturated rings. The highest BCUT2D eigenvalue weighted by molar-refractivity contribution is 9.11. The molecule has 1 saturated carbocycles. The van der Waals surface area contributed by atoms with E-state index in [1.165, 1.54) is 10.4 Å². The minimum Gasteiger partial charge on any atom is -0.477 e. The predicted octanol–water partition coefficient (Wildman–Crippen LogP) is 3.41. The van der Waals surface area contributed by atoms with Gasteiger partial charge in [0.05, 0.1) is 3.79 Å². The summed E-state index contributed by atoms with van der Waals surface area (Å²) in [5, 5.41) is 9.00. The lowest BCUT2D eigenvalue weighted by molar-refractivity contribution is 0.0702. The molecular weight excluding hydrogens is 378 g/mol. The number of carbonyl (C=O) groups is 1. The van der Waals surface area contributed by atoms with Gasteiger partial charge in [-0.15, -0.1) is 11.3 Å². The van der Waals surface area contributed by atoms with Gasteiger partial charge in [0.2, 0.25) is 10.0 Å². The molecule has 1 aliphatic rings. The molecule has 21 heavy (non-hydrogen) atoms. The molecule has 5 nitrogen and oxygen atoms in total. The van der Waals surface area contributed by atoms with Crippen molar-refractivity contribution in [3.8, 4) is 0 Å². The number of carboxylic acid groups (broad SMARTS) is 1. The normalized spacial score (nSPS) is 23.4. The van der Waals surface area contributed by atoms with Crippen molar-refractivity contribution in [3.63, 3.8) is 0 Å². The van der Waals surface area contributed by atoms with Crippen molar-refractivity contribution >= 4 is 43.3 Å². The van der Waals surface area contributed by atoms with Crippen LogP contribution in [0.25, 0.3) is 0 Å². The van der Waals surface area contributed by atoms with Crippen LogP contribution < -0.4 is 0 Å². The molecule has 118 valence electrons. The zero-order chi connectivity index (χ0) is 15.8. The minimum atomic E-state index is -3.68. The van der Waals surface area contributed by atoms with Crippen LogP contribution in [0.4, 0.5) is 0 Å².